The molecule has 0 bridgehead atoms. The summed E-state index contributed by atoms with van der Waals surface area (Å²) in [7, 11) is 0. The minimum absolute atomic E-state index is 0. The van der Waals surface area contributed by atoms with Gasteiger partial charge in [0.2, 0.25) is 0 Å². The lowest BCUT2D eigenvalue weighted by molar-refractivity contribution is -0.118. The highest BCUT2D eigenvalue weighted by atomic mass is 79.9. The zero-order valence-corrected chi connectivity index (χ0v) is 27.3. The number of halogens is 2. The quantitative estimate of drug-likeness (QED) is 0.145. The van der Waals surface area contributed by atoms with Gasteiger partial charge < -0.3 is 19.7 Å². The molecule has 8 heteroatoms. The molecular weight excluding hydrogens is 603 g/mol. The lowest BCUT2D eigenvalue weighted by Gasteiger charge is -2.19. The van der Waals surface area contributed by atoms with Crippen LogP contribution in [0, 0.1) is 5.82 Å². The van der Waals surface area contributed by atoms with Crippen molar-refractivity contribution in [1.29, 1.82) is 0 Å². The topological polar surface area (TPSA) is 50.8 Å². The number of rotatable bonds is 20. The van der Waals surface area contributed by atoms with Crippen LogP contribution < -0.4 is 14.8 Å². The zero-order valence-electron chi connectivity index (χ0n) is 24.8. The van der Waals surface area contributed by atoms with Crippen molar-refractivity contribution in [2.45, 2.75) is 97.4 Å². The van der Waals surface area contributed by atoms with Crippen molar-refractivity contribution in [3.05, 3.63) is 65.0 Å². The molecule has 0 spiro atoms. The molecule has 1 aliphatic rings. The van der Waals surface area contributed by atoms with E-state index >= 15 is 0 Å². The molecule has 2 aromatic carbocycles. The second kappa shape index (κ2) is 20.6. The summed E-state index contributed by atoms with van der Waals surface area (Å²) in [6.45, 7) is 5.45. The van der Waals surface area contributed by atoms with Crippen LogP contribution in [-0.2, 0) is 11.3 Å². The number of allylic oxidation sites excluding steroid dienone is 1. The average Bonchev–Trinajstić information content (AvgIpc) is 3.35. The van der Waals surface area contributed by atoms with Crippen LogP contribution in [0.2, 0.25) is 0 Å². The first-order chi connectivity index (χ1) is 19.5. The minimum Gasteiger partial charge on any atom is -0.491 e. The van der Waals surface area contributed by atoms with Crippen LogP contribution in [0.3, 0.4) is 0 Å². The van der Waals surface area contributed by atoms with Crippen LogP contribution in [0.5, 0.6) is 11.5 Å². The number of benzene rings is 2. The lowest BCUT2D eigenvalue weighted by atomic mass is 10.1. The predicted molar refractivity (Wildman–Crippen MR) is 176 cm³/mol. The molecule has 0 fully saturated rings. The van der Waals surface area contributed by atoms with Gasteiger partial charge in [-0.15, -0.1) is 28.7 Å². The van der Waals surface area contributed by atoms with Crippen molar-refractivity contribution in [2.75, 3.05) is 24.4 Å². The van der Waals surface area contributed by atoms with Crippen LogP contribution in [-0.4, -0.2) is 29.9 Å². The van der Waals surface area contributed by atoms with E-state index in [1.165, 1.54) is 76.0 Å². The number of ether oxygens (including phenoxy) is 2. The maximum Gasteiger partial charge on any atom is 0.262 e. The molecule has 0 aliphatic carbocycles. The van der Waals surface area contributed by atoms with E-state index in [0.717, 1.165) is 30.8 Å². The molecule has 5 nitrogen and oxygen atoms in total. The molecule has 0 saturated heterocycles. The van der Waals surface area contributed by atoms with Gasteiger partial charge in [0.05, 0.1) is 12.5 Å². The Morgan fingerprint density at radius 2 is 1.61 bits per heavy atom. The normalized spacial score (nSPS) is 12.6. The molecule has 41 heavy (non-hydrogen) atoms. The number of carbonyl (C=O) groups excluding carboxylic acids is 1. The van der Waals surface area contributed by atoms with Gasteiger partial charge in [-0.25, -0.2) is 4.39 Å². The van der Waals surface area contributed by atoms with Crippen molar-refractivity contribution in [2.24, 2.45) is 0 Å². The minimum atomic E-state index is -0.478. The largest absolute Gasteiger partial charge is 0.491 e. The van der Waals surface area contributed by atoms with E-state index in [1.807, 2.05) is 24.3 Å². The zero-order chi connectivity index (χ0) is 28.4. The van der Waals surface area contributed by atoms with Gasteiger partial charge in [-0.2, -0.15) is 0 Å². The lowest BCUT2D eigenvalue weighted by Crippen LogP contribution is -2.20. The first-order valence-corrected chi connectivity index (χ1v) is 16.1. The highest BCUT2D eigenvalue weighted by molar-refractivity contribution is 8.93. The fourth-order valence-corrected chi connectivity index (χ4v) is 5.66. The number of hydrogen-bond donors (Lipinski definition) is 1. The number of hydrogen-bond acceptors (Lipinski definition) is 5. The summed E-state index contributed by atoms with van der Waals surface area (Å²) < 4.78 is 25.7. The second-order valence-corrected chi connectivity index (χ2v) is 11.4. The molecule has 1 aliphatic heterocycles. The smallest absolute Gasteiger partial charge is 0.262 e. The Bertz CT molecular complexity index is 1070. The maximum absolute atomic E-state index is 14.5. The Morgan fingerprint density at radius 3 is 2.24 bits per heavy atom. The summed E-state index contributed by atoms with van der Waals surface area (Å²) in [4.78, 5) is 14.7. The van der Waals surface area contributed by atoms with Gasteiger partial charge >= 0.3 is 0 Å². The fourth-order valence-electron chi connectivity index (χ4n) is 4.72. The van der Waals surface area contributed by atoms with Crippen molar-refractivity contribution in [3.63, 3.8) is 0 Å². The predicted octanol–water partition coefficient (Wildman–Crippen LogP) is 9.87. The molecule has 0 unspecified atom stereocenters. The Morgan fingerprint density at radius 1 is 0.927 bits per heavy atom. The van der Waals surface area contributed by atoms with Crippen molar-refractivity contribution in [1.82, 2.24) is 4.90 Å². The molecule has 0 radical (unpaired) electrons. The molecule has 0 aromatic heterocycles. The van der Waals surface area contributed by atoms with Gasteiger partial charge in [-0.05, 0) is 48.6 Å². The molecule has 0 saturated carbocycles. The summed E-state index contributed by atoms with van der Waals surface area (Å²) >= 11 is 1.78. The summed E-state index contributed by atoms with van der Waals surface area (Å²) in [5, 5.41) is 5.02. The van der Waals surface area contributed by atoms with Crippen molar-refractivity contribution in [3.8, 4) is 11.5 Å². The van der Waals surface area contributed by atoms with Crippen LogP contribution >= 0.6 is 28.7 Å². The number of thioether (sulfide) groups is 1. The first kappa shape index (κ1) is 35.0. The Hall–Kier alpha value is -2.19. The van der Waals surface area contributed by atoms with Gasteiger partial charge in [-0.1, -0.05) is 89.7 Å². The standard InChI is InChI=1S/C33H47FN2O3S.BrH/c1-3-4-5-6-7-8-9-10-11-12-13-14-20-38-32-19-18-30(22-31(32)34)39-24-33(37)35-29-17-15-16-28(21-29)23-36-26-40-25-27(36)2;/h15-19,21-22,25H,3-14,20,23-24,26H2,1-2H3,(H,35,37);1H. The van der Waals surface area contributed by atoms with E-state index in [9.17, 15) is 9.18 Å². The number of amides is 1. The van der Waals surface area contributed by atoms with Crippen LogP contribution in [0.15, 0.2) is 53.6 Å². The third-order valence-corrected chi connectivity index (χ3v) is 8.06. The first-order valence-electron chi connectivity index (χ1n) is 15.0. The van der Waals surface area contributed by atoms with Gasteiger partial charge in [0, 0.05) is 24.0 Å². The molecule has 228 valence electrons. The van der Waals surface area contributed by atoms with E-state index in [1.54, 1.807) is 23.9 Å². The molecule has 1 N–H and O–H groups in total. The molecule has 0 atom stereocenters. The average molecular weight is 652 g/mol. The van der Waals surface area contributed by atoms with Gasteiger partial charge in [0.25, 0.3) is 5.91 Å². The third-order valence-electron chi connectivity index (χ3n) is 7.10. The van der Waals surface area contributed by atoms with Crippen LogP contribution in [0.4, 0.5) is 10.1 Å². The Labute approximate surface area is 261 Å². The van der Waals surface area contributed by atoms with Crippen LogP contribution in [0.1, 0.15) is 96.5 Å². The summed E-state index contributed by atoms with van der Waals surface area (Å²) in [5.41, 5.74) is 3.09. The molecule has 1 heterocycles. The van der Waals surface area contributed by atoms with Crippen molar-refractivity contribution < 1.29 is 18.7 Å². The second-order valence-electron chi connectivity index (χ2n) is 10.6. The van der Waals surface area contributed by atoms with E-state index in [0.29, 0.717) is 18.0 Å². The van der Waals surface area contributed by atoms with E-state index in [-0.39, 0.29) is 35.2 Å². The Kier molecular flexibility index (Phi) is 17.6. The number of carbonyl (C=O) groups is 1. The maximum atomic E-state index is 14.5. The monoisotopic (exact) mass is 650 g/mol. The SMILES string of the molecule is Br.CCCCCCCCCCCCCCOc1ccc(OCC(=O)Nc2cccc(CN3CSC=C3C)c2)cc1F. The van der Waals surface area contributed by atoms with E-state index < -0.39 is 5.82 Å². The van der Waals surface area contributed by atoms with Crippen molar-refractivity contribution >= 4 is 40.3 Å². The Balaban J connectivity index is 0.00000588. The highest BCUT2D eigenvalue weighted by Crippen LogP contribution is 2.26. The van der Waals surface area contributed by atoms with E-state index in [2.05, 4.69) is 29.5 Å². The summed E-state index contributed by atoms with van der Waals surface area (Å²) in [6, 6.07) is 12.3. The number of nitrogens with one attached hydrogen (secondary N) is 1. The molecule has 2 aromatic rings. The van der Waals surface area contributed by atoms with E-state index in [4.69, 9.17) is 9.47 Å². The molecule has 1 amide bonds. The number of anilines is 1. The van der Waals surface area contributed by atoms with Crippen LogP contribution in [0.25, 0.3) is 0 Å². The number of unbranched alkanes of at least 4 members (excludes halogenated alkanes) is 11. The fraction of sp³-hybridized carbons (Fsp3) is 0.545. The summed E-state index contributed by atoms with van der Waals surface area (Å²) in [6.07, 6.45) is 15.3. The highest BCUT2D eigenvalue weighted by Gasteiger charge is 2.13. The van der Waals surface area contributed by atoms with Gasteiger partial charge in [0.1, 0.15) is 5.75 Å². The molecule has 3 rings (SSSR count). The van der Waals surface area contributed by atoms with Gasteiger partial charge in [-0.3, -0.25) is 4.79 Å². The van der Waals surface area contributed by atoms with Gasteiger partial charge in [0.15, 0.2) is 18.2 Å². The molecular formula is C33H48BrFN2O3S. The summed E-state index contributed by atoms with van der Waals surface area (Å²) in [5.74, 6) is 0.688. The third kappa shape index (κ3) is 14.0. The number of nitrogens with zero attached hydrogens (tertiary/aromatic N) is 1.